The van der Waals surface area contributed by atoms with Crippen molar-refractivity contribution in [2.45, 2.75) is 70.4 Å². The highest BCUT2D eigenvalue weighted by Gasteiger charge is 2.54. The van der Waals surface area contributed by atoms with Crippen molar-refractivity contribution in [1.29, 1.82) is 0 Å². The molecule has 184 valence electrons. The molecule has 1 aliphatic rings. The van der Waals surface area contributed by atoms with Gasteiger partial charge in [0.2, 0.25) is 0 Å². The van der Waals surface area contributed by atoms with Crippen LogP contribution in [0.1, 0.15) is 31.9 Å². The maximum Gasteiger partial charge on any atom is 0.411 e. The predicted octanol–water partition coefficient (Wildman–Crippen LogP) is 5.48. The summed E-state index contributed by atoms with van der Waals surface area (Å²) in [6, 6.07) is 17.2. The highest BCUT2D eigenvalue weighted by atomic mass is 28.4. The van der Waals surface area contributed by atoms with Gasteiger partial charge < -0.3 is 13.9 Å². The fraction of sp³-hybridized carbons (Fsp3) is 0.462. The molecule has 1 saturated heterocycles. The number of esters is 1. The summed E-state index contributed by atoms with van der Waals surface area (Å²) < 4.78 is 32.5. The van der Waals surface area contributed by atoms with Gasteiger partial charge in [0.05, 0.1) is 6.54 Å². The number of hydrogen-bond acceptors (Lipinski definition) is 5. The lowest BCUT2D eigenvalue weighted by Gasteiger charge is -2.40. The lowest BCUT2D eigenvalue weighted by Crippen LogP contribution is -2.53. The van der Waals surface area contributed by atoms with Gasteiger partial charge >= 0.3 is 12.1 Å². The van der Waals surface area contributed by atoms with Gasteiger partial charge in [-0.3, -0.25) is 4.90 Å². The minimum atomic E-state index is -2.45. The molecular formula is C26H34FNO5Si. The summed E-state index contributed by atoms with van der Waals surface area (Å²) >= 11 is 0. The number of likely N-dealkylation sites (tertiary alicyclic amines) is 1. The number of halogens is 1. The first-order valence-electron chi connectivity index (χ1n) is 11.5. The van der Waals surface area contributed by atoms with Crippen molar-refractivity contribution in [2.24, 2.45) is 0 Å². The van der Waals surface area contributed by atoms with Gasteiger partial charge in [0.25, 0.3) is 0 Å². The Labute approximate surface area is 202 Å². The molecule has 2 aromatic rings. The first-order valence-corrected chi connectivity index (χ1v) is 14.4. The Morgan fingerprint density at radius 2 is 1.44 bits per heavy atom. The number of hydrogen-bond donors (Lipinski definition) is 0. The Kier molecular flexibility index (Phi) is 8.15. The minimum Gasteiger partial charge on any atom is -0.459 e. The van der Waals surface area contributed by atoms with Gasteiger partial charge in [0.15, 0.2) is 14.4 Å². The van der Waals surface area contributed by atoms with E-state index in [-0.39, 0.29) is 24.8 Å². The summed E-state index contributed by atoms with van der Waals surface area (Å²) in [6.45, 7) is 9.84. The van der Waals surface area contributed by atoms with E-state index in [1.54, 1.807) is 0 Å². The monoisotopic (exact) mass is 487 g/mol. The van der Waals surface area contributed by atoms with Crippen molar-refractivity contribution in [1.82, 2.24) is 4.90 Å². The van der Waals surface area contributed by atoms with Crippen LogP contribution in [0.4, 0.5) is 9.18 Å². The predicted molar refractivity (Wildman–Crippen MR) is 130 cm³/mol. The fourth-order valence-electron chi connectivity index (χ4n) is 3.50. The Morgan fingerprint density at radius 3 is 1.94 bits per heavy atom. The van der Waals surface area contributed by atoms with E-state index in [9.17, 15) is 9.59 Å². The Bertz CT molecular complexity index is 964. The number of amides is 1. The second-order valence-corrected chi connectivity index (χ2v) is 14.8. The maximum absolute atomic E-state index is 15.3. The molecule has 3 atom stereocenters. The summed E-state index contributed by atoms with van der Waals surface area (Å²) in [5.41, 5.74) is 1.59. The van der Waals surface area contributed by atoms with Crippen LogP contribution in [0.3, 0.4) is 0 Å². The Hall–Kier alpha value is -2.71. The maximum atomic E-state index is 15.3. The first-order chi connectivity index (χ1) is 16.0. The highest BCUT2D eigenvalue weighted by molar-refractivity contribution is 6.74. The Morgan fingerprint density at radius 1 is 0.941 bits per heavy atom. The molecule has 34 heavy (non-hydrogen) atoms. The number of ether oxygens (including phenoxy) is 2. The van der Waals surface area contributed by atoms with Gasteiger partial charge in [0.1, 0.15) is 25.5 Å². The molecule has 2 aromatic carbocycles. The van der Waals surface area contributed by atoms with Gasteiger partial charge in [-0.05, 0) is 29.3 Å². The normalized spacial score (nSPS) is 20.8. The van der Waals surface area contributed by atoms with Gasteiger partial charge in [0, 0.05) is 0 Å². The van der Waals surface area contributed by atoms with E-state index in [0.717, 1.165) is 16.0 Å². The molecule has 0 bridgehead atoms. The van der Waals surface area contributed by atoms with Gasteiger partial charge in [-0.15, -0.1) is 0 Å². The van der Waals surface area contributed by atoms with Crippen LogP contribution in [0.15, 0.2) is 60.7 Å². The van der Waals surface area contributed by atoms with Crippen molar-refractivity contribution in [3.05, 3.63) is 71.8 Å². The number of nitrogens with zero attached hydrogens (tertiary/aromatic N) is 1. The largest absolute Gasteiger partial charge is 0.459 e. The van der Waals surface area contributed by atoms with Crippen molar-refractivity contribution in [2.75, 3.05) is 6.54 Å². The van der Waals surface area contributed by atoms with Crippen molar-refractivity contribution in [3.63, 3.8) is 0 Å². The van der Waals surface area contributed by atoms with Crippen LogP contribution in [0.25, 0.3) is 0 Å². The highest BCUT2D eigenvalue weighted by Crippen LogP contribution is 2.40. The zero-order chi connectivity index (χ0) is 24.9. The van der Waals surface area contributed by atoms with Crippen molar-refractivity contribution in [3.8, 4) is 0 Å². The lowest BCUT2D eigenvalue weighted by molar-refractivity contribution is -0.152. The fourth-order valence-corrected chi connectivity index (χ4v) is 4.81. The average molecular weight is 488 g/mol. The molecular weight excluding hydrogens is 453 g/mol. The number of benzene rings is 2. The summed E-state index contributed by atoms with van der Waals surface area (Å²) in [4.78, 5) is 27.3. The van der Waals surface area contributed by atoms with E-state index < -0.39 is 38.7 Å². The molecule has 1 amide bonds. The number of carbonyl (C=O) groups is 2. The molecule has 1 heterocycles. The summed E-state index contributed by atoms with van der Waals surface area (Å²) in [7, 11) is -2.45. The van der Waals surface area contributed by atoms with E-state index in [1.165, 1.54) is 0 Å². The second kappa shape index (κ2) is 10.7. The summed E-state index contributed by atoms with van der Waals surface area (Å²) in [5.74, 6) is -0.704. The van der Waals surface area contributed by atoms with Gasteiger partial charge in [-0.1, -0.05) is 81.4 Å². The Balaban J connectivity index is 1.79. The quantitative estimate of drug-likeness (QED) is 0.382. The minimum absolute atomic E-state index is 0.0205. The van der Waals surface area contributed by atoms with E-state index in [1.807, 2.05) is 94.5 Å². The third-order valence-corrected chi connectivity index (χ3v) is 11.0. The molecule has 3 unspecified atom stereocenters. The van der Waals surface area contributed by atoms with E-state index in [2.05, 4.69) is 0 Å². The molecule has 6 nitrogen and oxygen atoms in total. The second-order valence-electron chi connectivity index (χ2n) is 10.1. The molecule has 0 saturated carbocycles. The molecule has 3 rings (SSSR count). The zero-order valence-corrected chi connectivity index (χ0v) is 21.5. The standard InChI is InChI=1S/C26H34FNO5Si/c1-26(2,3)34(4,5)33-23-21(27)16-28(25(30)32-18-20-14-10-7-11-15-20)22(23)24(29)31-17-19-12-8-6-9-13-19/h6-15,21-23H,16-18H2,1-5H3. The van der Waals surface area contributed by atoms with Crippen LogP contribution in [0.5, 0.6) is 0 Å². The van der Waals surface area contributed by atoms with E-state index in [0.29, 0.717) is 0 Å². The molecule has 0 spiro atoms. The van der Waals surface area contributed by atoms with Crippen molar-refractivity contribution < 1.29 is 27.9 Å². The molecule has 1 fully saturated rings. The van der Waals surface area contributed by atoms with Gasteiger partial charge in [-0.2, -0.15) is 0 Å². The van der Waals surface area contributed by atoms with Crippen LogP contribution in [0.2, 0.25) is 18.1 Å². The molecule has 1 aliphatic heterocycles. The topological polar surface area (TPSA) is 65.1 Å². The van der Waals surface area contributed by atoms with Crippen LogP contribution < -0.4 is 0 Å². The zero-order valence-electron chi connectivity index (χ0n) is 20.5. The summed E-state index contributed by atoms with van der Waals surface area (Å²) in [5, 5.41) is -0.202. The SMILES string of the molecule is CC(C)(C)[Si](C)(C)OC1C(F)CN(C(=O)OCc2ccccc2)C1C(=O)OCc1ccccc1. The number of alkyl halides is 1. The smallest absolute Gasteiger partial charge is 0.411 e. The van der Waals surface area contributed by atoms with Crippen LogP contribution >= 0.6 is 0 Å². The number of rotatable bonds is 7. The molecule has 0 aliphatic carbocycles. The first kappa shape index (κ1) is 25.9. The van der Waals surface area contributed by atoms with E-state index in [4.69, 9.17) is 13.9 Å². The average Bonchev–Trinajstić information content (AvgIpc) is 3.12. The van der Waals surface area contributed by atoms with Crippen molar-refractivity contribution >= 4 is 20.4 Å². The molecule has 0 radical (unpaired) electrons. The lowest BCUT2D eigenvalue weighted by atomic mass is 10.1. The number of carbonyl (C=O) groups excluding carboxylic acids is 2. The van der Waals surface area contributed by atoms with E-state index >= 15 is 4.39 Å². The molecule has 0 N–H and O–H groups in total. The summed E-state index contributed by atoms with van der Waals surface area (Å²) in [6.07, 6.45) is -3.42. The van der Waals surface area contributed by atoms with Crippen LogP contribution in [-0.4, -0.2) is 50.1 Å². The van der Waals surface area contributed by atoms with Crippen LogP contribution in [0, 0.1) is 0 Å². The molecule has 8 heteroatoms. The third-order valence-electron chi connectivity index (χ3n) is 6.52. The van der Waals surface area contributed by atoms with Crippen LogP contribution in [-0.2, 0) is 31.9 Å². The molecule has 0 aromatic heterocycles. The van der Waals surface area contributed by atoms with Gasteiger partial charge in [-0.25, -0.2) is 14.0 Å². The third kappa shape index (κ3) is 6.24.